The molecule has 0 aromatic carbocycles. The number of anilines is 3. The molecule has 10 heteroatoms. The molecule has 126 valence electrons. The molecule has 1 atom stereocenters. The van der Waals surface area contributed by atoms with Gasteiger partial charge >= 0.3 is 0 Å². The smallest absolute Gasteiger partial charge is 0.183 e. The summed E-state index contributed by atoms with van der Waals surface area (Å²) >= 11 is 0. The Bertz CT molecular complexity index is 913. The fraction of sp³-hybridized carbons (Fsp3) is 0.200. The molecular formula is C15H14FN9. The Morgan fingerprint density at radius 2 is 1.96 bits per heavy atom. The molecule has 9 nitrogen and oxygen atoms in total. The lowest BCUT2D eigenvalue weighted by molar-refractivity contribution is 0.604. The number of aromatic amines is 1. The minimum atomic E-state index is -0.519. The van der Waals surface area contributed by atoms with E-state index in [1.165, 1.54) is 6.20 Å². The van der Waals surface area contributed by atoms with E-state index in [0.29, 0.717) is 17.5 Å². The van der Waals surface area contributed by atoms with Gasteiger partial charge in [0.05, 0.1) is 24.6 Å². The van der Waals surface area contributed by atoms with Crippen LogP contribution in [0.4, 0.5) is 21.8 Å². The van der Waals surface area contributed by atoms with E-state index in [1.807, 2.05) is 19.1 Å². The number of H-pyrrole nitrogens is 1. The van der Waals surface area contributed by atoms with Crippen molar-refractivity contribution < 1.29 is 4.39 Å². The van der Waals surface area contributed by atoms with Crippen LogP contribution in [0.5, 0.6) is 0 Å². The molecule has 0 saturated heterocycles. The Morgan fingerprint density at radius 1 is 1.20 bits per heavy atom. The fourth-order valence-electron chi connectivity index (χ4n) is 2.06. The third kappa shape index (κ3) is 3.84. The summed E-state index contributed by atoms with van der Waals surface area (Å²) in [5.74, 6) is 1.11. The Morgan fingerprint density at radius 3 is 2.60 bits per heavy atom. The Hall–Kier alpha value is -3.61. The molecule has 0 amide bonds. The van der Waals surface area contributed by atoms with Crippen molar-refractivity contribution in [3.63, 3.8) is 0 Å². The van der Waals surface area contributed by atoms with Crippen LogP contribution in [0.25, 0.3) is 0 Å². The number of nitrogens with zero attached hydrogens (tertiary/aromatic N) is 6. The summed E-state index contributed by atoms with van der Waals surface area (Å²) in [6, 6.07) is 3.38. The van der Waals surface area contributed by atoms with Gasteiger partial charge in [0.1, 0.15) is 11.9 Å². The van der Waals surface area contributed by atoms with E-state index in [1.54, 1.807) is 6.92 Å². The first kappa shape index (κ1) is 16.3. The third-order valence-electron chi connectivity index (χ3n) is 3.22. The zero-order valence-corrected chi connectivity index (χ0v) is 13.4. The standard InChI is InChI=1S/C15H14FN9/c1-8-3-12(25-24-8)22-13-7-18-11(4-17)15(23-13)21-9(2)14-19-5-10(16)6-20-14/h3,5-7,9H,1-2H3,(H3,21,22,23,24,25)/t9-/m0/s1. The van der Waals surface area contributed by atoms with Crippen molar-refractivity contribution in [3.8, 4) is 6.07 Å². The van der Waals surface area contributed by atoms with Crippen molar-refractivity contribution in [1.82, 2.24) is 30.1 Å². The van der Waals surface area contributed by atoms with E-state index in [0.717, 1.165) is 18.1 Å². The maximum absolute atomic E-state index is 12.9. The molecule has 3 rings (SSSR count). The Balaban J connectivity index is 1.82. The fourth-order valence-corrected chi connectivity index (χ4v) is 2.06. The van der Waals surface area contributed by atoms with Crippen LogP contribution in [0, 0.1) is 24.1 Å². The average molecular weight is 339 g/mol. The number of aromatic nitrogens is 6. The maximum Gasteiger partial charge on any atom is 0.183 e. The highest BCUT2D eigenvalue weighted by Gasteiger charge is 2.14. The molecule has 0 bridgehead atoms. The monoisotopic (exact) mass is 339 g/mol. The predicted octanol–water partition coefficient (Wildman–Crippen LogP) is 2.23. The second-order valence-corrected chi connectivity index (χ2v) is 5.25. The second-order valence-electron chi connectivity index (χ2n) is 5.25. The second kappa shape index (κ2) is 6.88. The van der Waals surface area contributed by atoms with Crippen molar-refractivity contribution in [2.75, 3.05) is 10.6 Å². The predicted molar refractivity (Wildman–Crippen MR) is 87.4 cm³/mol. The van der Waals surface area contributed by atoms with Crippen LogP contribution in [0.3, 0.4) is 0 Å². The molecule has 0 aliphatic heterocycles. The quantitative estimate of drug-likeness (QED) is 0.645. The highest BCUT2D eigenvalue weighted by Crippen LogP contribution is 2.20. The van der Waals surface area contributed by atoms with Crippen LogP contribution >= 0.6 is 0 Å². The zero-order chi connectivity index (χ0) is 17.8. The van der Waals surface area contributed by atoms with Gasteiger partial charge in [-0.15, -0.1) is 0 Å². The number of nitriles is 1. The lowest BCUT2D eigenvalue weighted by Gasteiger charge is -2.14. The molecule has 3 aromatic heterocycles. The summed E-state index contributed by atoms with van der Waals surface area (Å²) in [4.78, 5) is 16.2. The van der Waals surface area contributed by atoms with Crippen LogP contribution in [0.1, 0.15) is 30.2 Å². The van der Waals surface area contributed by atoms with Crippen molar-refractivity contribution >= 4 is 17.5 Å². The van der Waals surface area contributed by atoms with Gasteiger partial charge in [0.25, 0.3) is 0 Å². The minimum absolute atomic E-state index is 0.123. The molecule has 0 aliphatic carbocycles. The number of halogens is 1. The number of hydrogen-bond donors (Lipinski definition) is 3. The van der Waals surface area contributed by atoms with E-state index in [-0.39, 0.29) is 11.5 Å². The first-order chi connectivity index (χ1) is 12.0. The van der Waals surface area contributed by atoms with E-state index in [9.17, 15) is 9.65 Å². The lowest BCUT2D eigenvalue weighted by Crippen LogP contribution is -2.14. The molecule has 0 aliphatic rings. The summed E-state index contributed by atoms with van der Waals surface area (Å²) in [6.07, 6.45) is 3.59. The van der Waals surface area contributed by atoms with Gasteiger partial charge in [-0.1, -0.05) is 0 Å². The molecule has 0 saturated carbocycles. The molecule has 3 N–H and O–H groups in total. The maximum atomic E-state index is 12.9. The van der Waals surface area contributed by atoms with Gasteiger partial charge in [-0.25, -0.2) is 24.3 Å². The first-order valence-corrected chi connectivity index (χ1v) is 7.35. The summed E-state index contributed by atoms with van der Waals surface area (Å²) in [5.41, 5.74) is 1.02. The van der Waals surface area contributed by atoms with Gasteiger partial charge in [-0.3, -0.25) is 5.10 Å². The molecule has 3 heterocycles. The summed E-state index contributed by atoms with van der Waals surface area (Å²) < 4.78 is 12.9. The van der Waals surface area contributed by atoms with E-state index in [2.05, 4.69) is 40.8 Å². The van der Waals surface area contributed by atoms with Gasteiger partial charge in [-0.05, 0) is 13.8 Å². The molecule has 25 heavy (non-hydrogen) atoms. The van der Waals surface area contributed by atoms with Crippen LogP contribution in [-0.2, 0) is 0 Å². The van der Waals surface area contributed by atoms with Crippen molar-refractivity contribution in [2.24, 2.45) is 0 Å². The van der Waals surface area contributed by atoms with Gasteiger partial charge in [0, 0.05) is 11.8 Å². The Kier molecular flexibility index (Phi) is 4.47. The van der Waals surface area contributed by atoms with Crippen LogP contribution in [0.15, 0.2) is 24.7 Å². The largest absolute Gasteiger partial charge is 0.358 e. The topological polar surface area (TPSA) is 128 Å². The van der Waals surface area contributed by atoms with Crippen LogP contribution < -0.4 is 10.6 Å². The number of aryl methyl sites for hydroxylation is 1. The Labute approximate surface area is 142 Å². The number of hydrogen-bond acceptors (Lipinski definition) is 8. The van der Waals surface area contributed by atoms with Crippen molar-refractivity contribution in [2.45, 2.75) is 19.9 Å². The van der Waals surface area contributed by atoms with Gasteiger partial charge in [0.2, 0.25) is 0 Å². The molecule has 0 unspecified atom stereocenters. The zero-order valence-electron chi connectivity index (χ0n) is 13.4. The van der Waals surface area contributed by atoms with Gasteiger partial charge < -0.3 is 10.6 Å². The summed E-state index contributed by atoms with van der Waals surface area (Å²) in [6.45, 7) is 3.65. The molecular weight excluding hydrogens is 325 g/mol. The van der Waals surface area contributed by atoms with Gasteiger partial charge in [0.15, 0.2) is 29.0 Å². The van der Waals surface area contributed by atoms with Crippen LogP contribution in [0.2, 0.25) is 0 Å². The molecule has 0 spiro atoms. The molecule has 0 radical (unpaired) electrons. The number of nitrogens with one attached hydrogen (secondary N) is 3. The SMILES string of the molecule is Cc1cc(Nc2cnc(C#N)c(N[C@@H](C)c3ncc(F)cn3)n2)n[nH]1. The van der Waals surface area contributed by atoms with Crippen LogP contribution in [-0.4, -0.2) is 30.1 Å². The molecule has 3 aromatic rings. The van der Waals surface area contributed by atoms with E-state index in [4.69, 9.17) is 0 Å². The van der Waals surface area contributed by atoms with Crippen molar-refractivity contribution in [3.05, 3.63) is 47.7 Å². The summed E-state index contributed by atoms with van der Waals surface area (Å²) in [5, 5.41) is 22.1. The highest BCUT2D eigenvalue weighted by atomic mass is 19.1. The summed E-state index contributed by atoms with van der Waals surface area (Å²) in [7, 11) is 0. The highest BCUT2D eigenvalue weighted by molar-refractivity contribution is 5.57. The van der Waals surface area contributed by atoms with Gasteiger partial charge in [-0.2, -0.15) is 10.4 Å². The van der Waals surface area contributed by atoms with E-state index < -0.39 is 11.9 Å². The van der Waals surface area contributed by atoms with Crippen molar-refractivity contribution in [1.29, 1.82) is 5.26 Å². The third-order valence-corrected chi connectivity index (χ3v) is 3.22. The molecule has 0 fully saturated rings. The lowest BCUT2D eigenvalue weighted by atomic mass is 10.3. The van der Waals surface area contributed by atoms with E-state index >= 15 is 0 Å². The first-order valence-electron chi connectivity index (χ1n) is 7.35. The average Bonchev–Trinajstić information content (AvgIpc) is 3.00. The number of rotatable bonds is 5. The minimum Gasteiger partial charge on any atom is -0.358 e. The normalized spacial score (nSPS) is 11.6.